The molecule has 0 aliphatic carbocycles. The van der Waals surface area contributed by atoms with Crippen molar-refractivity contribution < 1.29 is 0 Å². The molecule has 0 bridgehead atoms. The third-order valence-corrected chi connectivity index (χ3v) is 6.30. The molecule has 0 N–H and O–H groups in total. The Hall–Kier alpha value is -1.91. The summed E-state index contributed by atoms with van der Waals surface area (Å²) in [6.07, 6.45) is 0. The van der Waals surface area contributed by atoms with Crippen LogP contribution in [-0.2, 0) is 0 Å². The summed E-state index contributed by atoms with van der Waals surface area (Å²) >= 11 is 0.0971. The van der Waals surface area contributed by atoms with E-state index in [1.807, 2.05) is 0 Å². The van der Waals surface area contributed by atoms with E-state index < -0.39 is 0 Å². The van der Waals surface area contributed by atoms with E-state index in [9.17, 15) is 0 Å². The van der Waals surface area contributed by atoms with Gasteiger partial charge in [-0.2, -0.15) is 0 Å². The number of hydrogen-bond acceptors (Lipinski definition) is 0. The Morgan fingerprint density at radius 3 is 2.20 bits per heavy atom. The minimum absolute atomic E-state index is 0.0971. The van der Waals surface area contributed by atoms with Gasteiger partial charge in [0.2, 0.25) is 0 Å². The van der Waals surface area contributed by atoms with Gasteiger partial charge in [-0.15, -0.1) is 0 Å². The number of fused-ring (bicyclic) bond motifs is 2. The zero-order chi connectivity index (χ0) is 13.4. The van der Waals surface area contributed by atoms with Gasteiger partial charge in [0.1, 0.15) is 0 Å². The Morgan fingerprint density at radius 2 is 1.30 bits per heavy atom. The van der Waals surface area contributed by atoms with E-state index in [0.717, 1.165) is 0 Å². The van der Waals surface area contributed by atoms with Crippen LogP contribution >= 0.6 is 0 Å². The van der Waals surface area contributed by atoms with Crippen molar-refractivity contribution in [3.05, 3.63) is 99.2 Å². The van der Waals surface area contributed by atoms with Gasteiger partial charge in [-0.1, -0.05) is 0 Å². The van der Waals surface area contributed by atoms with Crippen LogP contribution < -0.4 is 9.57 Å². The van der Waals surface area contributed by atoms with Gasteiger partial charge in [0, 0.05) is 0 Å². The van der Waals surface area contributed by atoms with Crippen LogP contribution in [0.2, 0.25) is 0 Å². The van der Waals surface area contributed by atoms with E-state index in [1.165, 1.54) is 30.2 Å². The Balaban J connectivity index is 2.18. The zero-order valence-corrected chi connectivity index (χ0v) is 12.8. The fraction of sp³-hybridized carbons (Fsp3) is 0. The fourth-order valence-electron chi connectivity index (χ4n) is 2.76. The first kappa shape index (κ1) is 11.9. The van der Waals surface area contributed by atoms with Crippen LogP contribution in [0.5, 0.6) is 0 Å². The van der Waals surface area contributed by atoms with Gasteiger partial charge in [-0.3, -0.25) is 0 Å². The van der Waals surface area contributed by atoms with E-state index >= 15 is 0 Å². The van der Waals surface area contributed by atoms with Crippen LogP contribution in [-0.4, -0.2) is 15.3 Å². The van der Waals surface area contributed by atoms with E-state index in [4.69, 9.17) is 0 Å². The van der Waals surface area contributed by atoms with Gasteiger partial charge in [0.15, 0.2) is 0 Å². The first-order chi connectivity index (χ1) is 9.93. The standard InChI is InChI=1S/C19H13As/c1-2-8-14(9-3-1)19-15-10-4-6-12-17(15)20-18-13-7-5-11-16(18)19/h1-13H. The second-order valence-corrected chi connectivity index (χ2v) is 7.38. The van der Waals surface area contributed by atoms with Crippen LogP contribution in [0.4, 0.5) is 0 Å². The van der Waals surface area contributed by atoms with E-state index in [-0.39, 0.29) is 15.3 Å². The van der Waals surface area contributed by atoms with E-state index in [2.05, 4.69) is 78.9 Å². The van der Waals surface area contributed by atoms with Crippen LogP contribution in [0.15, 0.2) is 78.9 Å². The average Bonchev–Trinajstić information content (AvgIpc) is 2.53. The molecule has 0 spiro atoms. The van der Waals surface area contributed by atoms with Crippen LogP contribution in [0, 0.1) is 3.95 Å². The SMILES string of the molecule is c1ccc(C2=c3ccccc3=[As]c3ccccc32)cc1. The molecule has 0 unspecified atom stereocenters. The molecule has 0 saturated carbocycles. The third-order valence-electron chi connectivity index (χ3n) is 3.65. The predicted octanol–water partition coefficient (Wildman–Crippen LogP) is 2.53. The third kappa shape index (κ3) is 1.88. The number of hydrogen-bond donors (Lipinski definition) is 0. The second kappa shape index (κ2) is 4.89. The summed E-state index contributed by atoms with van der Waals surface area (Å²) in [5, 5.41) is 1.41. The van der Waals surface area contributed by atoms with Crippen molar-refractivity contribution in [2.24, 2.45) is 0 Å². The van der Waals surface area contributed by atoms with Gasteiger partial charge in [0.05, 0.1) is 0 Å². The molecule has 1 aliphatic heterocycles. The Morgan fingerprint density at radius 1 is 0.600 bits per heavy atom. The zero-order valence-electron chi connectivity index (χ0n) is 11.0. The van der Waals surface area contributed by atoms with Crippen molar-refractivity contribution in [3.63, 3.8) is 0 Å². The molecule has 0 saturated heterocycles. The molecule has 0 fully saturated rings. The molecule has 0 nitrogen and oxygen atoms in total. The van der Waals surface area contributed by atoms with Crippen LogP contribution in [0.3, 0.4) is 0 Å². The quantitative estimate of drug-likeness (QED) is 0.474. The molecule has 0 aromatic heterocycles. The summed E-state index contributed by atoms with van der Waals surface area (Å²) in [5.74, 6) is 0. The molecule has 0 atom stereocenters. The molecule has 3 aromatic carbocycles. The molecule has 0 radical (unpaired) electrons. The Labute approximate surface area is 124 Å². The summed E-state index contributed by atoms with van der Waals surface area (Å²) in [6.45, 7) is 0. The molecule has 1 heteroatoms. The summed E-state index contributed by atoms with van der Waals surface area (Å²) in [5.41, 5.74) is 4.11. The number of rotatable bonds is 1. The summed E-state index contributed by atoms with van der Waals surface area (Å²) in [7, 11) is 0. The molecule has 1 aliphatic rings. The van der Waals surface area contributed by atoms with Gasteiger partial charge in [0.25, 0.3) is 0 Å². The average molecular weight is 316 g/mol. The second-order valence-electron chi connectivity index (χ2n) is 4.89. The molecule has 0 amide bonds. The Kier molecular flexibility index (Phi) is 2.90. The maximum absolute atomic E-state index is 2.29. The topological polar surface area (TPSA) is 0 Å². The molecule has 20 heavy (non-hydrogen) atoms. The van der Waals surface area contributed by atoms with Gasteiger partial charge < -0.3 is 0 Å². The van der Waals surface area contributed by atoms with Crippen molar-refractivity contribution in [1.29, 1.82) is 0 Å². The molecule has 1 heterocycles. The maximum atomic E-state index is 2.29. The molecule has 3 aromatic rings. The van der Waals surface area contributed by atoms with E-state index in [0.29, 0.717) is 0 Å². The molecule has 4 rings (SSSR count). The summed E-state index contributed by atoms with van der Waals surface area (Å²) in [4.78, 5) is 0. The van der Waals surface area contributed by atoms with Crippen molar-refractivity contribution in [3.8, 4) is 0 Å². The van der Waals surface area contributed by atoms with Crippen molar-refractivity contribution >= 4 is 25.2 Å². The Bertz CT molecular complexity index is 892. The first-order valence-corrected chi connectivity index (χ1v) is 8.64. The molecular formula is C19H13As. The predicted molar refractivity (Wildman–Crippen MR) is 84.8 cm³/mol. The van der Waals surface area contributed by atoms with Crippen molar-refractivity contribution in [2.75, 3.05) is 0 Å². The fourth-order valence-corrected chi connectivity index (χ4v) is 5.26. The molecule has 94 valence electrons. The van der Waals surface area contributed by atoms with Gasteiger partial charge in [-0.05, 0) is 0 Å². The minimum atomic E-state index is 0.0971. The molecular weight excluding hydrogens is 303 g/mol. The van der Waals surface area contributed by atoms with E-state index in [1.54, 1.807) is 0 Å². The van der Waals surface area contributed by atoms with Crippen molar-refractivity contribution in [2.45, 2.75) is 0 Å². The normalized spacial score (nSPS) is 13.1. The van der Waals surface area contributed by atoms with Gasteiger partial charge >= 0.3 is 124 Å². The summed E-state index contributed by atoms with van der Waals surface area (Å²) < 4.78 is 3.03. The van der Waals surface area contributed by atoms with Gasteiger partial charge in [-0.25, -0.2) is 0 Å². The first-order valence-electron chi connectivity index (χ1n) is 6.76. The van der Waals surface area contributed by atoms with Crippen molar-refractivity contribution in [1.82, 2.24) is 0 Å². The van der Waals surface area contributed by atoms with Crippen LogP contribution in [0.1, 0.15) is 11.1 Å². The monoisotopic (exact) mass is 316 g/mol. The number of benzene rings is 3. The summed E-state index contributed by atoms with van der Waals surface area (Å²) in [6, 6.07) is 28.5. The van der Waals surface area contributed by atoms with Crippen LogP contribution in [0.25, 0.3) is 5.57 Å².